The SMILES string of the molecule is CC1=Nc2c(-c3cc4cc(C(=O)N(C)Cc5ccc(Cl)cc5)ccc4[nH]3)cc(N)nc2NC1. The van der Waals surface area contributed by atoms with Gasteiger partial charge in [-0.1, -0.05) is 23.7 Å². The zero-order valence-corrected chi connectivity index (χ0v) is 19.1. The van der Waals surface area contributed by atoms with Gasteiger partial charge in [-0.25, -0.2) is 4.98 Å². The number of halogens is 1. The van der Waals surface area contributed by atoms with Crippen molar-refractivity contribution in [2.45, 2.75) is 13.5 Å². The van der Waals surface area contributed by atoms with Crippen LogP contribution in [0.3, 0.4) is 0 Å². The highest BCUT2D eigenvalue weighted by molar-refractivity contribution is 6.30. The normalized spacial score (nSPS) is 12.8. The van der Waals surface area contributed by atoms with E-state index in [2.05, 4.69) is 15.3 Å². The van der Waals surface area contributed by atoms with Crippen LogP contribution < -0.4 is 11.1 Å². The number of hydrogen-bond donors (Lipinski definition) is 3. The molecule has 1 amide bonds. The molecule has 0 unspecified atom stereocenters. The highest BCUT2D eigenvalue weighted by Crippen LogP contribution is 2.39. The lowest BCUT2D eigenvalue weighted by molar-refractivity contribution is 0.0785. The van der Waals surface area contributed by atoms with Crippen molar-refractivity contribution in [2.75, 3.05) is 24.6 Å². The monoisotopic (exact) mass is 458 g/mol. The molecule has 166 valence electrons. The van der Waals surface area contributed by atoms with Crippen LogP contribution in [-0.2, 0) is 6.54 Å². The van der Waals surface area contributed by atoms with Gasteiger partial charge in [0.25, 0.3) is 5.91 Å². The van der Waals surface area contributed by atoms with E-state index in [1.54, 1.807) is 11.9 Å². The average Bonchev–Trinajstić information content (AvgIpc) is 3.23. The van der Waals surface area contributed by atoms with Gasteiger partial charge in [-0.3, -0.25) is 9.79 Å². The fourth-order valence-corrected chi connectivity index (χ4v) is 4.13. The van der Waals surface area contributed by atoms with Crippen molar-refractivity contribution in [2.24, 2.45) is 4.99 Å². The van der Waals surface area contributed by atoms with Crippen LogP contribution in [-0.4, -0.2) is 40.1 Å². The second kappa shape index (κ2) is 8.26. The number of benzene rings is 2. The van der Waals surface area contributed by atoms with Crippen molar-refractivity contribution >= 4 is 51.4 Å². The topological polar surface area (TPSA) is 99.4 Å². The Morgan fingerprint density at radius 1 is 1.15 bits per heavy atom. The Morgan fingerprint density at radius 2 is 1.94 bits per heavy atom. The smallest absolute Gasteiger partial charge is 0.253 e. The molecule has 5 rings (SSSR count). The Bertz CT molecular complexity index is 1410. The lowest BCUT2D eigenvalue weighted by atomic mass is 10.1. The highest BCUT2D eigenvalue weighted by Gasteiger charge is 2.19. The summed E-state index contributed by atoms with van der Waals surface area (Å²) in [5, 5.41) is 4.87. The first-order valence-electron chi connectivity index (χ1n) is 10.6. The molecule has 3 heterocycles. The van der Waals surface area contributed by atoms with Gasteiger partial charge in [0.1, 0.15) is 11.5 Å². The quantitative estimate of drug-likeness (QED) is 0.388. The molecule has 2 aromatic carbocycles. The first-order chi connectivity index (χ1) is 15.9. The first kappa shape index (κ1) is 21.0. The van der Waals surface area contributed by atoms with Crippen LogP contribution in [0.4, 0.5) is 17.3 Å². The number of aromatic nitrogens is 2. The Labute approximate surface area is 196 Å². The Morgan fingerprint density at radius 3 is 2.73 bits per heavy atom. The number of carbonyl (C=O) groups is 1. The lowest BCUT2D eigenvalue weighted by Gasteiger charge is -2.17. The van der Waals surface area contributed by atoms with Crippen molar-refractivity contribution in [3.63, 3.8) is 0 Å². The number of aromatic amines is 1. The van der Waals surface area contributed by atoms with Gasteiger partial charge >= 0.3 is 0 Å². The lowest BCUT2D eigenvalue weighted by Crippen LogP contribution is -2.26. The van der Waals surface area contributed by atoms with Gasteiger partial charge in [-0.15, -0.1) is 0 Å². The number of nitrogens with two attached hydrogens (primary N) is 1. The fraction of sp³-hybridized carbons (Fsp3) is 0.160. The summed E-state index contributed by atoms with van der Waals surface area (Å²) in [6.45, 7) is 3.11. The van der Waals surface area contributed by atoms with Crippen LogP contribution in [0.25, 0.3) is 22.2 Å². The molecule has 4 N–H and O–H groups in total. The van der Waals surface area contributed by atoms with Crippen LogP contribution in [0.2, 0.25) is 5.02 Å². The Kier molecular flexibility index (Phi) is 5.26. The number of amides is 1. The third-order valence-electron chi connectivity index (χ3n) is 5.66. The predicted molar refractivity (Wildman–Crippen MR) is 134 cm³/mol. The maximum Gasteiger partial charge on any atom is 0.253 e. The van der Waals surface area contributed by atoms with E-state index in [1.807, 2.05) is 61.5 Å². The summed E-state index contributed by atoms with van der Waals surface area (Å²) in [5.41, 5.74) is 12.1. The molecule has 0 saturated heterocycles. The predicted octanol–water partition coefficient (Wildman–Crippen LogP) is 5.26. The number of pyridine rings is 1. The second-order valence-corrected chi connectivity index (χ2v) is 8.70. The molecule has 8 heteroatoms. The summed E-state index contributed by atoms with van der Waals surface area (Å²) in [7, 11) is 1.79. The van der Waals surface area contributed by atoms with Crippen molar-refractivity contribution < 1.29 is 4.79 Å². The number of H-pyrrole nitrogens is 1. The van der Waals surface area contributed by atoms with Gasteiger partial charge in [-0.2, -0.15) is 0 Å². The fourth-order valence-electron chi connectivity index (χ4n) is 4.01. The van der Waals surface area contributed by atoms with E-state index in [0.717, 1.165) is 39.1 Å². The molecule has 1 aliphatic rings. The maximum atomic E-state index is 13.0. The molecule has 4 aromatic rings. The number of carbonyl (C=O) groups excluding carboxylic acids is 1. The molecule has 1 aliphatic heterocycles. The number of anilines is 2. The minimum Gasteiger partial charge on any atom is -0.384 e. The molecule has 0 spiro atoms. The van der Waals surface area contributed by atoms with Gasteiger partial charge < -0.3 is 20.9 Å². The largest absolute Gasteiger partial charge is 0.384 e. The number of rotatable bonds is 4. The minimum absolute atomic E-state index is 0.0513. The van der Waals surface area contributed by atoms with Gasteiger partial charge in [-0.05, 0) is 55.0 Å². The molecular weight excluding hydrogens is 436 g/mol. The molecule has 0 bridgehead atoms. The summed E-state index contributed by atoms with van der Waals surface area (Å²) in [6, 6.07) is 17.0. The van der Waals surface area contributed by atoms with E-state index in [4.69, 9.17) is 22.3 Å². The van der Waals surface area contributed by atoms with Crippen molar-refractivity contribution in [3.05, 3.63) is 70.7 Å². The van der Waals surface area contributed by atoms with Gasteiger partial charge in [0.15, 0.2) is 5.82 Å². The van der Waals surface area contributed by atoms with Crippen molar-refractivity contribution in [3.8, 4) is 11.3 Å². The zero-order valence-electron chi connectivity index (χ0n) is 18.3. The number of nitrogens with one attached hydrogen (secondary N) is 2. The zero-order chi connectivity index (χ0) is 23.1. The molecule has 33 heavy (non-hydrogen) atoms. The average molecular weight is 459 g/mol. The van der Waals surface area contributed by atoms with Crippen LogP contribution in [0, 0.1) is 0 Å². The van der Waals surface area contributed by atoms with Gasteiger partial charge in [0.05, 0.1) is 6.54 Å². The minimum atomic E-state index is -0.0513. The standard InChI is InChI=1S/C25H23ClN6O/c1-14-12-28-24-23(29-14)19(11-22(27)31-24)21-10-17-9-16(5-8-20(17)30-21)25(33)32(2)13-15-3-6-18(26)7-4-15/h3-11,30H,12-13H2,1-2H3,(H3,27,28,31). The summed E-state index contributed by atoms with van der Waals surface area (Å²) in [5.74, 6) is 1.04. The van der Waals surface area contributed by atoms with Crippen LogP contribution >= 0.6 is 11.6 Å². The van der Waals surface area contributed by atoms with E-state index < -0.39 is 0 Å². The van der Waals surface area contributed by atoms with Gasteiger partial charge in [0.2, 0.25) is 0 Å². The third kappa shape index (κ3) is 4.15. The molecule has 2 aromatic heterocycles. The number of aliphatic imine (C=N–C) groups is 1. The van der Waals surface area contributed by atoms with Gasteiger partial charge in [0, 0.05) is 52.1 Å². The molecule has 0 aliphatic carbocycles. The molecule has 7 nitrogen and oxygen atoms in total. The van der Waals surface area contributed by atoms with E-state index in [0.29, 0.717) is 35.3 Å². The van der Waals surface area contributed by atoms with E-state index >= 15 is 0 Å². The number of hydrogen-bond acceptors (Lipinski definition) is 5. The molecule has 0 atom stereocenters. The summed E-state index contributed by atoms with van der Waals surface area (Å²) >= 11 is 5.96. The summed E-state index contributed by atoms with van der Waals surface area (Å²) < 4.78 is 0. The third-order valence-corrected chi connectivity index (χ3v) is 5.92. The van der Waals surface area contributed by atoms with Crippen LogP contribution in [0.15, 0.2) is 59.6 Å². The van der Waals surface area contributed by atoms with Crippen LogP contribution in [0.1, 0.15) is 22.8 Å². The summed E-state index contributed by atoms with van der Waals surface area (Å²) in [4.78, 5) is 27.2. The Hall–Kier alpha value is -3.84. The number of nitrogens with zero attached hydrogens (tertiary/aromatic N) is 3. The summed E-state index contributed by atoms with van der Waals surface area (Å²) in [6.07, 6.45) is 0. The van der Waals surface area contributed by atoms with E-state index in [9.17, 15) is 4.79 Å². The van der Waals surface area contributed by atoms with Crippen LogP contribution in [0.5, 0.6) is 0 Å². The molecular formula is C25H23ClN6O. The number of nitrogen functional groups attached to an aromatic ring is 1. The van der Waals surface area contributed by atoms with E-state index in [-0.39, 0.29) is 5.91 Å². The molecule has 0 fully saturated rings. The van der Waals surface area contributed by atoms with E-state index in [1.165, 1.54) is 0 Å². The first-order valence-corrected chi connectivity index (χ1v) is 11.0. The highest BCUT2D eigenvalue weighted by atomic mass is 35.5. The Balaban J connectivity index is 1.46. The molecule has 0 saturated carbocycles. The second-order valence-electron chi connectivity index (χ2n) is 8.27. The van der Waals surface area contributed by atoms with Crippen molar-refractivity contribution in [1.29, 1.82) is 0 Å². The maximum absolute atomic E-state index is 13.0. The number of fused-ring (bicyclic) bond motifs is 2. The molecule has 0 radical (unpaired) electrons. The van der Waals surface area contributed by atoms with Crippen molar-refractivity contribution in [1.82, 2.24) is 14.9 Å².